The first-order chi connectivity index (χ1) is 10.8. The standard InChI is InChI=1S/C19H32N2O2/c1-15(2)11-21(12-16(3)4)19(23)14-20(13-17(5)22)18-9-7-6-8-10-18/h6-10,15-17,22H,11-14H2,1-5H3. The molecule has 4 nitrogen and oxygen atoms in total. The third kappa shape index (κ3) is 7.51. The van der Waals surface area contributed by atoms with E-state index in [-0.39, 0.29) is 5.91 Å². The molecule has 0 aliphatic heterocycles. The number of amides is 1. The van der Waals surface area contributed by atoms with Gasteiger partial charge in [-0.1, -0.05) is 45.9 Å². The summed E-state index contributed by atoms with van der Waals surface area (Å²) in [4.78, 5) is 16.7. The van der Waals surface area contributed by atoms with E-state index in [1.807, 2.05) is 40.1 Å². The molecule has 0 fully saturated rings. The minimum atomic E-state index is -0.480. The van der Waals surface area contributed by atoms with E-state index in [4.69, 9.17) is 0 Å². The summed E-state index contributed by atoms with van der Waals surface area (Å²) in [5.74, 6) is 1.01. The monoisotopic (exact) mass is 320 g/mol. The zero-order valence-electron chi connectivity index (χ0n) is 15.2. The average molecular weight is 320 g/mol. The molecule has 1 rings (SSSR count). The van der Waals surface area contributed by atoms with Gasteiger partial charge in [0.05, 0.1) is 12.6 Å². The largest absolute Gasteiger partial charge is 0.392 e. The maximum absolute atomic E-state index is 12.8. The Bertz CT molecular complexity index is 448. The number of para-hydroxylation sites is 1. The van der Waals surface area contributed by atoms with Crippen molar-refractivity contribution in [3.8, 4) is 0 Å². The minimum absolute atomic E-state index is 0.122. The molecule has 1 unspecified atom stereocenters. The van der Waals surface area contributed by atoms with E-state index in [0.717, 1.165) is 18.8 Å². The first kappa shape index (κ1) is 19.5. The lowest BCUT2D eigenvalue weighted by Gasteiger charge is -2.31. The maximum Gasteiger partial charge on any atom is 0.242 e. The predicted octanol–water partition coefficient (Wildman–Crippen LogP) is 3.01. The van der Waals surface area contributed by atoms with Crippen molar-refractivity contribution in [1.82, 2.24) is 4.90 Å². The van der Waals surface area contributed by atoms with Crippen LogP contribution in [0.1, 0.15) is 34.6 Å². The normalized spacial score (nSPS) is 12.5. The molecule has 0 saturated carbocycles. The molecule has 0 saturated heterocycles. The van der Waals surface area contributed by atoms with Gasteiger partial charge in [-0.05, 0) is 30.9 Å². The highest BCUT2D eigenvalue weighted by atomic mass is 16.3. The molecule has 0 aliphatic carbocycles. The second kappa shape index (κ2) is 9.56. The predicted molar refractivity (Wildman–Crippen MR) is 96.6 cm³/mol. The van der Waals surface area contributed by atoms with Gasteiger partial charge in [0.1, 0.15) is 0 Å². The molecular formula is C19H32N2O2. The summed E-state index contributed by atoms with van der Waals surface area (Å²) in [6.07, 6.45) is -0.480. The second-order valence-corrected chi connectivity index (χ2v) is 7.15. The van der Waals surface area contributed by atoms with Crippen LogP contribution in [0.25, 0.3) is 0 Å². The van der Waals surface area contributed by atoms with E-state index in [0.29, 0.717) is 24.9 Å². The zero-order valence-corrected chi connectivity index (χ0v) is 15.2. The average Bonchev–Trinajstić information content (AvgIpc) is 2.45. The highest BCUT2D eigenvalue weighted by Gasteiger charge is 2.20. The molecule has 0 bridgehead atoms. The van der Waals surface area contributed by atoms with Crippen molar-refractivity contribution in [3.05, 3.63) is 30.3 Å². The van der Waals surface area contributed by atoms with Crippen LogP contribution in [0.5, 0.6) is 0 Å². The quantitative estimate of drug-likeness (QED) is 0.760. The van der Waals surface area contributed by atoms with Crippen LogP contribution in [0.2, 0.25) is 0 Å². The Kier molecular flexibility index (Phi) is 8.10. The van der Waals surface area contributed by atoms with Crippen molar-refractivity contribution in [2.24, 2.45) is 11.8 Å². The first-order valence-electron chi connectivity index (χ1n) is 8.55. The molecule has 1 atom stereocenters. The lowest BCUT2D eigenvalue weighted by atomic mass is 10.1. The molecule has 0 aromatic heterocycles. The van der Waals surface area contributed by atoms with Gasteiger partial charge < -0.3 is 14.9 Å². The Morgan fingerprint density at radius 1 is 0.957 bits per heavy atom. The lowest BCUT2D eigenvalue weighted by Crippen LogP contribution is -2.45. The Balaban J connectivity index is 2.84. The molecule has 1 amide bonds. The highest BCUT2D eigenvalue weighted by Crippen LogP contribution is 2.15. The summed E-state index contributed by atoms with van der Waals surface area (Å²) in [6, 6.07) is 9.81. The number of hydrogen-bond donors (Lipinski definition) is 1. The van der Waals surface area contributed by atoms with Gasteiger partial charge in [-0.3, -0.25) is 4.79 Å². The van der Waals surface area contributed by atoms with E-state index in [2.05, 4.69) is 27.7 Å². The Labute approximate surface area is 141 Å². The summed E-state index contributed by atoms with van der Waals surface area (Å²) in [5, 5.41) is 9.76. The lowest BCUT2D eigenvalue weighted by molar-refractivity contribution is -0.130. The van der Waals surface area contributed by atoms with Crippen LogP contribution in [-0.4, -0.2) is 48.2 Å². The Morgan fingerprint density at radius 2 is 1.48 bits per heavy atom. The van der Waals surface area contributed by atoms with Crippen molar-refractivity contribution in [3.63, 3.8) is 0 Å². The van der Waals surface area contributed by atoms with Crippen molar-refractivity contribution >= 4 is 11.6 Å². The molecule has 4 heteroatoms. The number of hydrogen-bond acceptors (Lipinski definition) is 3. The van der Waals surface area contributed by atoms with Gasteiger partial charge in [0.25, 0.3) is 0 Å². The Hall–Kier alpha value is -1.55. The smallest absolute Gasteiger partial charge is 0.242 e. The van der Waals surface area contributed by atoms with Crippen molar-refractivity contribution in [1.29, 1.82) is 0 Å². The number of aliphatic hydroxyl groups is 1. The second-order valence-electron chi connectivity index (χ2n) is 7.15. The molecule has 0 heterocycles. The van der Waals surface area contributed by atoms with E-state index in [1.54, 1.807) is 6.92 Å². The molecule has 1 aromatic carbocycles. The van der Waals surface area contributed by atoms with Crippen LogP contribution in [0.15, 0.2) is 30.3 Å². The summed E-state index contributed by atoms with van der Waals surface area (Å²) >= 11 is 0. The number of benzene rings is 1. The fraction of sp³-hybridized carbons (Fsp3) is 0.632. The molecule has 0 spiro atoms. The van der Waals surface area contributed by atoms with E-state index in [1.165, 1.54) is 0 Å². The van der Waals surface area contributed by atoms with Crippen LogP contribution >= 0.6 is 0 Å². The van der Waals surface area contributed by atoms with E-state index < -0.39 is 6.10 Å². The van der Waals surface area contributed by atoms with Crippen molar-refractivity contribution in [2.75, 3.05) is 31.1 Å². The molecular weight excluding hydrogens is 288 g/mol. The van der Waals surface area contributed by atoms with Gasteiger partial charge in [0, 0.05) is 25.3 Å². The number of carbonyl (C=O) groups excluding carboxylic acids is 1. The van der Waals surface area contributed by atoms with Crippen LogP contribution in [-0.2, 0) is 4.79 Å². The van der Waals surface area contributed by atoms with Crippen LogP contribution in [0.3, 0.4) is 0 Å². The van der Waals surface area contributed by atoms with Crippen LogP contribution < -0.4 is 4.90 Å². The van der Waals surface area contributed by atoms with Crippen LogP contribution in [0, 0.1) is 11.8 Å². The molecule has 0 aliphatic rings. The summed E-state index contributed by atoms with van der Waals surface area (Å²) < 4.78 is 0. The van der Waals surface area contributed by atoms with Gasteiger partial charge >= 0.3 is 0 Å². The highest BCUT2D eigenvalue weighted by molar-refractivity contribution is 5.81. The molecule has 0 radical (unpaired) electrons. The van der Waals surface area contributed by atoms with E-state index >= 15 is 0 Å². The van der Waals surface area contributed by atoms with Gasteiger partial charge in [0.2, 0.25) is 5.91 Å². The molecule has 1 N–H and O–H groups in total. The fourth-order valence-electron chi connectivity index (χ4n) is 2.64. The number of rotatable bonds is 9. The fourth-order valence-corrected chi connectivity index (χ4v) is 2.64. The van der Waals surface area contributed by atoms with Crippen molar-refractivity contribution < 1.29 is 9.90 Å². The third-order valence-electron chi connectivity index (χ3n) is 3.46. The number of anilines is 1. The maximum atomic E-state index is 12.8. The summed E-state index contributed by atoms with van der Waals surface area (Å²) in [6.45, 7) is 12.6. The molecule has 23 heavy (non-hydrogen) atoms. The number of carbonyl (C=O) groups is 1. The third-order valence-corrected chi connectivity index (χ3v) is 3.46. The SMILES string of the molecule is CC(C)CN(CC(C)C)C(=O)CN(CC(C)O)c1ccccc1. The topological polar surface area (TPSA) is 43.8 Å². The van der Waals surface area contributed by atoms with Gasteiger partial charge in [0.15, 0.2) is 0 Å². The minimum Gasteiger partial charge on any atom is -0.392 e. The van der Waals surface area contributed by atoms with Gasteiger partial charge in [-0.15, -0.1) is 0 Å². The molecule has 130 valence electrons. The van der Waals surface area contributed by atoms with E-state index in [9.17, 15) is 9.90 Å². The number of nitrogens with zero attached hydrogens (tertiary/aromatic N) is 2. The van der Waals surface area contributed by atoms with Crippen molar-refractivity contribution in [2.45, 2.75) is 40.7 Å². The first-order valence-corrected chi connectivity index (χ1v) is 8.55. The molecule has 1 aromatic rings. The number of aliphatic hydroxyl groups excluding tert-OH is 1. The Morgan fingerprint density at radius 3 is 1.91 bits per heavy atom. The van der Waals surface area contributed by atoms with Gasteiger partial charge in [-0.2, -0.15) is 0 Å². The summed E-state index contributed by atoms with van der Waals surface area (Å²) in [5.41, 5.74) is 0.968. The van der Waals surface area contributed by atoms with Gasteiger partial charge in [-0.25, -0.2) is 0 Å². The zero-order chi connectivity index (χ0) is 17.4. The summed E-state index contributed by atoms with van der Waals surface area (Å²) in [7, 11) is 0. The van der Waals surface area contributed by atoms with Crippen LogP contribution in [0.4, 0.5) is 5.69 Å².